The number of aromatic nitrogens is 4. The molecule has 132 valence electrons. The second-order valence-corrected chi connectivity index (χ2v) is 8.82. The number of hydrogen-bond acceptors (Lipinski definition) is 7. The van der Waals surface area contributed by atoms with E-state index in [1.165, 1.54) is 12.6 Å². The van der Waals surface area contributed by atoms with E-state index in [0.29, 0.717) is 25.5 Å². The molecule has 3 heterocycles. The van der Waals surface area contributed by atoms with Gasteiger partial charge in [0.05, 0.1) is 5.75 Å². The molecule has 1 aliphatic heterocycles. The highest BCUT2D eigenvalue weighted by atomic mass is 32.2. The number of aryl methyl sites for hydroxylation is 1. The van der Waals surface area contributed by atoms with E-state index in [2.05, 4.69) is 20.4 Å². The first-order valence-corrected chi connectivity index (χ1v) is 10.0. The molecule has 0 aliphatic carbocycles. The molecular weight excluding hydrogens is 330 g/mol. The highest BCUT2D eigenvalue weighted by molar-refractivity contribution is 7.90. The normalized spacial score (nSPS) is 18.0. The van der Waals surface area contributed by atoms with Gasteiger partial charge in [-0.05, 0) is 26.7 Å². The molecule has 2 aromatic heterocycles. The molecule has 3 rings (SSSR count). The minimum atomic E-state index is -3.08. The molecule has 0 bridgehead atoms. The van der Waals surface area contributed by atoms with E-state index < -0.39 is 9.84 Å². The minimum Gasteiger partial charge on any atom is -0.381 e. The van der Waals surface area contributed by atoms with Crippen molar-refractivity contribution in [2.24, 2.45) is 5.41 Å². The average Bonchev–Trinajstić information content (AvgIpc) is 2.94. The van der Waals surface area contributed by atoms with Gasteiger partial charge >= 0.3 is 0 Å². The van der Waals surface area contributed by atoms with Gasteiger partial charge in [0.1, 0.15) is 22.0 Å². The Morgan fingerprint density at radius 1 is 1.33 bits per heavy atom. The van der Waals surface area contributed by atoms with Crippen molar-refractivity contribution in [1.29, 1.82) is 0 Å². The molecule has 0 spiro atoms. The summed E-state index contributed by atoms with van der Waals surface area (Å²) < 4.78 is 30.9. The third-order valence-electron chi connectivity index (χ3n) is 4.66. The Bertz CT molecular complexity index is 840. The highest BCUT2D eigenvalue weighted by Crippen LogP contribution is 2.33. The summed E-state index contributed by atoms with van der Waals surface area (Å²) in [6.07, 6.45) is 4.20. The van der Waals surface area contributed by atoms with Gasteiger partial charge in [0, 0.05) is 42.7 Å². The van der Waals surface area contributed by atoms with Crippen LogP contribution in [0.4, 0.5) is 5.82 Å². The van der Waals surface area contributed by atoms with E-state index in [4.69, 9.17) is 4.74 Å². The molecule has 2 aromatic rings. The Labute approximate surface area is 141 Å². The Hall–Kier alpha value is -1.74. The van der Waals surface area contributed by atoms with Crippen LogP contribution in [0.25, 0.3) is 5.78 Å². The Morgan fingerprint density at radius 3 is 2.71 bits per heavy atom. The van der Waals surface area contributed by atoms with Crippen molar-refractivity contribution in [1.82, 2.24) is 19.6 Å². The number of sulfone groups is 1. The quantitative estimate of drug-likeness (QED) is 0.856. The number of anilines is 1. The fraction of sp³-hybridized carbons (Fsp3) is 0.667. The second-order valence-electron chi connectivity index (χ2n) is 6.68. The van der Waals surface area contributed by atoms with Gasteiger partial charge in [-0.25, -0.2) is 13.4 Å². The van der Waals surface area contributed by atoms with Crippen LogP contribution in [0, 0.1) is 19.3 Å². The van der Waals surface area contributed by atoms with Gasteiger partial charge in [-0.2, -0.15) is 14.6 Å². The topological polar surface area (TPSA) is 98.5 Å². The first-order chi connectivity index (χ1) is 11.3. The summed E-state index contributed by atoms with van der Waals surface area (Å²) in [6, 6.07) is 0. The van der Waals surface area contributed by atoms with Crippen molar-refractivity contribution in [3.63, 3.8) is 0 Å². The molecule has 1 N–H and O–H groups in total. The monoisotopic (exact) mass is 353 g/mol. The zero-order chi connectivity index (χ0) is 17.4. The van der Waals surface area contributed by atoms with Crippen LogP contribution >= 0.6 is 0 Å². The lowest BCUT2D eigenvalue weighted by molar-refractivity contribution is 0.0314. The molecule has 9 heteroatoms. The summed E-state index contributed by atoms with van der Waals surface area (Å²) in [4.78, 5) is 8.54. The van der Waals surface area contributed by atoms with Crippen LogP contribution in [0.3, 0.4) is 0 Å². The van der Waals surface area contributed by atoms with Gasteiger partial charge in [0.15, 0.2) is 0 Å². The van der Waals surface area contributed by atoms with Gasteiger partial charge in [0.2, 0.25) is 0 Å². The average molecular weight is 353 g/mol. The van der Waals surface area contributed by atoms with Crippen molar-refractivity contribution in [2.45, 2.75) is 26.7 Å². The standard InChI is InChI=1S/C15H23N5O3S/c1-11-12(2)19-14-17-10-18-20(14)13(11)16-8-15(9-24(3,21)22)4-6-23-7-5-15/h10,16H,4-9H2,1-3H3. The molecule has 0 atom stereocenters. The molecule has 0 saturated carbocycles. The van der Waals surface area contributed by atoms with E-state index in [1.54, 1.807) is 4.52 Å². The minimum absolute atomic E-state index is 0.153. The molecule has 1 fully saturated rings. The van der Waals surface area contributed by atoms with Crippen LogP contribution in [0.5, 0.6) is 0 Å². The Kier molecular flexibility index (Phi) is 4.48. The van der Waals surface area contributed by atoms with Crippen LogP contribution in [0.15, 0.2) is 6.33 Å². The number of hydrogen-bond donors (Lipinski definition) is 1. The Morgan fingerprint density at radius 2 is 2.04 bits per heavy atom. The summed E-state index contributed by atoms with van der Waals surface area (Å²) in [6.45, 7) is 5.62. The van der Waals surface area contributed by atoms with Crippen molar-refractivity contribution in [3.8, 4) is 0 Å². The van der Waals surface area contributed by atoms with Crippen LogP contribution in [-0.2, 0) is 14.6 Å². The molecule has 1 aliphatic rings. The molecular formula is C15H23N5O3S. The number of nitrogens with zero attached hydrogens (tertiary/aromatic N) is 4. The van der Waals surface area contributed by atoms with Gasteiger partial charge in [-0.3, -0.25) is 0 Å². The maximum atomic E-state index is 11.9. The summed E-state index contributed by atoms with van der Waals surface area (Å²) in [5.74, 6) is 1.50. The molecule has 0 unspecified atom stereocenters. The van der Waals surface area contributed by atoms with Gasteiger partial charge in [-0.1, -0.05) is 0 Å². The zero-order valence-electron chi connectivity index (χ0n) is 14.2. The maximum absolute atomic E-state index is 11.9. The zero-order valence-corrected chi connectivity index (χ0v) is 15.1. The lowest BCUT2D eigenvalue weighted by Crippen LogP contribution is -2.41. The smallest absolute Gasteiger partial charge is 0.254 e. The molecule has 0 aromatic carbocycles. The first-order valence-electron chi connectivity index (χ1n) is 7.96. The largest absolute Gasteiger partial charge is 0.381 e. The van der Waals surface area contributed by atoms with E-state index >= 15 is 0 Å². The third-order valence-corrected chi connectivity index (χ3v) is 5.80. The van der Waals surface area contributed by atoms with Crippen molar-refractivity contribution in [2.75, 3.05) is 37.1 Å². The molecule has 24 heavy (non-hydrogen) atoms. The highest BCUT2D eigenvalue weighted by Gasteiger charge is 2.36. The molecule has 0 amide bonds. The summed E-state index contributed by atoms with van der Waals surface area (Å²) in [7, 11) is -3.08. The SMILES string of the molecule is Cc1nc2ncnn2c(NCC2(CS(C)(=O)=O)CCOCC2)c1C. The molecule has 1 saturated heterocycles. The van der Waals surface area contributed by atoms with E-state index in [9.17, 15) is 8.42 Å². The van der Waals surface area contributed by atoms with Crippen LogP contribution < -0.4 is 5.32 Å². The van der Waals surface area contributed by atoms with Crippen molar-refractivity contribution >= 4 is 21.4 Å². The maximum Gasteiger partial charge on any atom is 0.254 e. The summed E-state index contributed by atoms with van der Waals surface area (Å²) in [5, 5.41) is 7.64. The molecule has 8 nitrogen and oxygen atoms in total. The number of ether oxygens (including phenoxy) is 1. The molecule has 0 radical (unpaired) electrons. The fourth-order valence-electron chi connectivity index (χ4n) is 3.24. The van der Waals surface area contributed by atoms with Crippen LogP contribution in [-0.4, -0.2) is 59.8 Å². The summed E-state index contributed by atoms with van der Waals surface area (Å²) in [5.41, 5.74) is 1.53. The predicted molar refractivity (Wildman–Crippen MR) is 90.9 cm³/mol. The second kappa shape index (κ2) is 6.29. The third kappa shape index (κ3) is 3.51. The summed E-state index contributed by atoms with van der Waals surface area (Å²) >= 11 is 0. The number of rotatable bonds is 5. The van der Waals surface area contributed by atoms with Gasteiger partial charge in [0.25, 0.3) is 5.78 Å². The number of fused-ring (bicyclic) bond motifs is 1. The van der Waals surface area contributed by atoms with Gasteiger partial charge in [-0.15, -0.1) is 0 Å². The fourth-order valence-corrected chi connectivity index (χ4v) is 4.75. The van der Waals surface area contributed by atoms with Gasteiger partial charge < -0.3 is 10.1 Å². The van der Waals surface area contributed by atoms with E-state index in [1.807, 2.05) is 13.8 Å². The van der Waals surface area contributed by atoms with E-state index in [-0.39, 0.29) is 11.2 Å². The van der Waals surface area contributed by atoms with Crippen molar-refractivity contribution < 1.29 is 13.2 Å². The predicted octanol–water partition coefficient (Wildman–Crippen LogP) is 0.994. The lowest BCUT2D eigenvalue weighted by atomic mass is 9.82. The van der Waals surface area contributed by atoms with Crippen LogP contribution in [0.2, 0.25) is 0 Å². The van der Waals surface area contributed by atoms with Crippen LogP contribution in [0.1, 0.15) is 24.1 Å². The van der Waals surface area contributed by atoms with Crippen molar-refractivity contribution in [3.05, 3.63) is 17.6 Å². The number of nitrogens with one attached hydrogen (secondary N) is 1. The lowest BCUT2D eigenvalue weighted by Gasteiger charge is -2.37. The first kappa shape index (κ1) is 17.1. The van der Waals surface area contributed by atoms with E-state index in [0.717, 1.165) is 29.9 Å². The Balaban J connectivity index is 1.90.